The third kappa shape index (κ3) is 4.71. The zero-order valence-corrected chi connectivity index (χ0v) is 11.9. The first-order valence-electron chi connectivity index (χ1n) is 6.53. The van der Waals surface area contributed by atoms with Crippen molar-refractivity contribution in [2.75, 3.05) is 13.1 Å². The van der Waals surface area contributed by atoms with Crippen LogP contribution in [0.3, 0.4) is 0 Å². The normalized spacial score (nSPS) is 10.6. The summed E-state index contributed by atoms with van der Waals surface area (Å²) in [6, 6.07) is 3.89. The van der Waals surface area contributed by atoms with Gasteiger partial charge in [-0.1, -0.05) is 0 Å². The lowest BCUT2D eigenvalue weighted by atomic mass is 10.2. The molecule has 2 heterocycles. The van der Waals surface area contributed by atoms with Gasteiger partial charge in [0.05, 0.1) is 10.7 Å². The smallest absolute Gasteiger partial charge is 0.303 e. The molecule has 5 nitrogen and oxygen atoms in total. The van der Waals surface area contributed by atoms with Gasteiger partial charge in [-0.05, 0) is 25.1 Å². The number of nitrogens with zero attached hydrogens (tertiary/aromatic N) is 2. The Morgan fingerprint density at radius 1 is 1.30 bits per heavy atom. The largest absolute Gasteiger partial charge is 0.481 e. The lowest BCUT2D eigenvalue weighted by molar-refractivity contribution is -0.137. The van der Waals surface area contributed by atoms with Crippen LogP contribution in [0.4, 0.5) is 0 Å². The van der Waals surface area contributed by atoms with Crippen LogP contribution in [-0.2, 0) is 11.2 Å². The standard InChI is InChI=1S/C14H17N3O2S/c18-14(19)2-1-6-15-9-5-13-17-12(10-20-13)11-3-7-16-8-4-11/h3-4,7-8,10,15H,1-2,5-6,9H2,(H,18,19). The van der Waals surface area contributed by atoms with Crippen molar-refractivity contribution in [3.05, 3.63) is 34.9 Å². The van der Waals surface area contributed by atoms with Crippen molar-refractivity contribution in [1.82, 2.24) is 15.3 Å². The molecule has 0 spiro atoms. The van der Waals surface area contributed by atoms with Crippen LogP contribution >= 0.6 is 11.3 Å². The maximum atomic E-state index is 10.4. The molecule has 0 fully saturated rings. The number of hydrogen-bond acceptors (Lipinski definition) is 5. The molecule has 0 saturated heterocycles. The number of carbonyl (C=O) groups is 1. The molecule has 2 aromatic heterocycles. The summed E-state index contributed by atoms with van der Waals surface area (Å²) < 4.78 is 0. The minimum Gasteiger partial charge on any atom is -0.481 e. The minimum atomic E-state index is -0.742. The van der Waals surface area contributed by atoms with Crippen LogP contribution in [0, 0.1) is 0 Å². The van der Waals surface area contributed by atoms with Crippen LogP contribution in [0.15, 0.2) is 29.9 Å². The summed E-state index contributed by atoms with van der Waals surface area (Å²) in [5, 5.41) is 14.9. The number of hydrogen-bond donors (Lipinski definition) is 2. The molecule has 0 amide bonds. The second-order valence-corrected chi connectivity index (χ2v) is 5.30. The fraction of sp³-hybridized carbons (Fsp3) is 0.357. The summed E-state index contributed by atoms with van der Waals surface area (Å²) in [4.78, 5) is 18.9. The van der Waals surface area contributed by atoms with Crippen molar-refractivity contribution >= 4 is 17.3 Å². The van der Waals surface area contributed by atoms with Crippen molar-refractivity contribution in [3.8, 4) is 11.3 Å². The number of aliphatic carboxylic acids is 1. The fourth-order valence-corrected chi connectivity index (χ4v) is 2.57. The van der Waals surface area contributed by atoms with E-state index < -0.39 is 5.97 Å². The minimum absolute atomic E-state index is 0.219. The van der Waals surface area contributed by atoms with Gasteiger partial charge >= 0.3 is 5.97 Å². The van der Waals surface area contributed by atoms with Crippen LogP contribution in [0.2, 0.25) is 0 Å². The Morgan fingerprint density at radius 3 is 2.85 bits per heavy atom. The second-order valence-electron chi connectivity index (χ2n) is 4.36. The van der Waals surface area contributed by atoms with Crippen LogP contribution in [0.1, 0.15) is 17.8 Å². The first-order chi connectivity index (χ1) is 9.75. The van der Waals surface area contributed by atoms with E-state index in [-0.39, 0.29) is 6.42 Å². The Bertz CT molecular complexity index is 542. The van der Waals surface area contributed by atoms with Gasteiger partial charge in [0.25, 0.3) is 0 Å². The van der Waals surface area contributed by atoms with E-state index in [0.29, 0.717) is 6.42 Å². The molecule has 0 aliphatic heterocycles. The highest BCUT2D eigenvalue weighted by molar-refractivity contribution is 7.09. The summed E-state index contributed by atoms with van der Waals surface area (Å²) in [6.45, 7) is 1.55. The Balaban J connectivity index is 1.72. The third-order valence-electron chi connectivity index (χ3n) is 2.79. The Morgan fingerprint density at radius 2 is 2.10 bits per heavy atom. The van der Waals surface area contributed by atoms with Gasteiger partial charge in [-0.2, -0.15) is 0 Å². The predicted molar refractivity (Wildman–Crippen MR) is 78.8 cm³/mol. The molecule has 2 N–H and O–H groups in total. The third-order valence-corrected chi connectivity index (χ3v) is 3.70. The van der Waals surface area contributed by atoms with Gasteiger partial charge in [0, 0.05) is 42.7 Å². The monoisotopic (exact) mass is 291 g/mol. The van der Waals surface area contributed by atoms with E-state index in [0.717, 1.165) is 35.8 Å². The fourth-order valence-electron chi connectivity index (χ4n) is 1.77. The van der Waals surface area contributed by atoms with Crippen molar-refractivity contribution in [2.45, 2.75) is 19.3 Å². The van der Waals surface area contributed by atoms with Crippen molar-refractivity contribution in [3.63, 3.8) is 0 Å². The molecule has 2 aromatic rings. The van der Waals surface area contributed by atoms with Crippen LogP contribution in [0.5, 0.6) is 0 Å². The molecular weight excluding hydrogens is 274 g/mol. The average molecular weight is 291 g/mol. The number of rotatable bonds is 8. The average Bonchev–Trinajstić information content (AvgIpc) is 2.92. The maximum Gasteiger partial charge on any atom is 0.303 e. The van der Waals surface area contributed by atoms with Gasteiger partial charge in [0.1, 0.15) is 0 Å². The van der Waals surface area contributed by atoms with Crippen molar-refractivity contribution in [1.29, 1.82) is 0 Å². The van der Waals surface area contributed by atoms with E-state index in [4.69, 9.17) is 5.11 Å². The molecule has 2 rings (SSSR count). The highest BCUT2D eigenvalue weighted by Crippen LogP contribution is 2.21. The molecule has 6 heteroatoms. The number of thiazole rings is 1. The number of carboxylic acids is 1. The number of nitrogens with one attached hydrogen (secondary N) is 1. The Hall–Kier alpha value is -1.79. The number of aromatic nitrogens is 2. The van der Waals surface area contributed by atoms with Gasteiger partial charge in [0.2, 0.25) is 0 Å². The molecule has 0 unspecified atom stereocenters. The van der Waals surface area contributed by atoms with E-state index in [1.54, 1.807) is 23.7 Å². The summed E-state index contributed by atoms with van der Waals surface area (Å²) in [7, 11) is 0. The lowest BCUT2D eigenvalue weighted by Gasteiger charge is -2.01. The zero-order chi connectivity index (χ0) is 14.2. The van der Waals surface area contributed by atoms with Gasteiger partial charge in [-0.15, -0.1) is 11.3 Å². The molecule has 0 aliphatic rings. The Kier molecular flexibility index (Phi) is 5.64. The van der Waals surface area contributed by atoms with E-state index in [9.17, 15) is 4.79 Å². The van der Waals surface area contributed by atoms with Crippen molar-refractivity contribution < 1.29 is 9.90 Å². The Labute approximate surface area is 121 Å². The molecule has 0 atom stereocenters. The molecule has 0 aromatic carbocycles. The van der Waals surface area contributed by atoms with Crippen LogP contribution in [-0.4, -0.2) is 34.1 Å². The first-order valence-corrected chi connectivity index (χ1v) is 7.41. The van der Waals surface area contributed by atoms with Gasteiger partial charge in [0.15, 0.2) is 0 Å². The zero-order valence-electron chi connectivity index (χ0n) is 11.1. The van der Waals surface area contributed by atoms with Gasteiger partial charge in [-0.3, -0.25) is 9.78 Å². The highest BCUT2D eigenvalue weighted by atomic mass is 32.1. The molecule has 20 heavy (non-hydrogen) atoms. The molecule has 0 radical (unpaired) electrons. The predicted octanol–water partition coefficient (Wildman–Crippen LogP) is 2.20. The molecule has 106 valence electrons. The summed E-state index contributed by atoms with van der Waals surface area (Å²) >= 11 is 1.65. The quantitative estimate of drug-likeness (QED) is 0.729. The summed E-state index contributed by atoms with van der Waals surface area (Å²) in [6.07, 6.45) is 5.27. The van der Waals surface area contributed by atoms with E-state index in [1.165, 1.54) is 0 Å². The summed E-state index contributed by atoms with van der Waals surface area (Å²) in [5.74, 6) is -0.742. The first kappa shape index (κ1) is 14.6. The second kappa shape index (κ2) is 7.72. The van der Waals surface area contributed by atoms with Crippen LogP contribution < -0.4 is 5.32 Å². The number of carboxylic acid groups (broad SMARTS) is 1. The molecule has 0 bridgehead atoms. The van der Waals surface area contributed by atoms with E-state index in [1.807, 2.05) is 12.1 Å². The maximum absolute atomic E-state index is 10.4. The SMILES string of the molecule is O=C(O)CCCNCCc1nc(-c2ccncc2)cs1. The molecular formula is C14H17N3O2S. The topological polar surface area (TPSA) is 75.1 Å². The van der Waals surface area contributed by atoms with E-state index >= 15 is 0 Å². The summed E-state index contributed by atoms with van der Waals surface area (Å²) in [5.41, 5.74) is 2.06. The highest BCUT2D eigenvalue weighted by Gasteiger charge is 2.04. The molecule has 0 saturated carbocycles. The lowest BCUT2D eigenvalue weighted by Crippen LogP contribution is -2.19. The van der Waals surface area contributed by atoms with Gasteiger partial charge in [-0.25, -0.2) is 4.98 Å². The van der Waals surface area contributed by atoms with Crippen molar-refractivity contribution in [2.24, 2.45) is 0 Å². The number of pyridine rings is 1. The van der Waals surface area contributed by atoms with Crippen LogP contribution in [0.25, 0.3) is 11.3 Å². The van der Waals surface area contributed by atoms with E-state index in [2.05, 4.69) is 20.7 Å². The molecule has 0 aliphatic carbocycles. The van der Waals surface area contributed by atoms with Gasteiger partial charge < -0.3 is 10.4 Å².